The van der Waals surface area contributed by atoms with Crippen LogP contribution in [0.3, 0.4) is 0 Å². The van der Waals surface area contributed by atoms with Crippen molar-refractivity contribution in [2.45, 2.75) is 6.92 Å². The first kappa shape index (κ1) is 19.5. The van der Waals surface area contributed by atoms with Crippen LogP contribution in [0, 0.1) is 6.92 Å². The van der Waals surface area contributed by atoms with Crippen molar-refractivity contribution in [1.29, 1.82) is 0 Å². The maximum Gasteiger partial charge on any atom is 0.255 e. The van der Waals surface area contributed by atoms with E-state index in [4.69, 9.17) is 5.11 Å². The minimum absolute atomic E-state index is 0.112. The molecule has 1 amide bonds. The lowest BCUT2D eigenvalue weighted by atomic mass is 9.97. The summed E-state index contributed by atoms with van der Waals surface area (Å²) in [6.45, 7) is 5.99. The van der Waals surface area contributed by atoms with Crippen LogP contribution in [-0.4, -0.2) is 38.8 Å². The van der Waals surface area contributed by atoms with Gasteiger partial charge in [-0.2, -0.15) is 5.10 Å². The van der Waals surface area contributed by atoms with Crippen molar-refractivity contribution in [2.75, 3.05) is 13.2 Å². The van der Waals surface area contributed by atoms with Gasteiger partial charge in [-0.25, -0.2) is 4.52 Å². The molecule has 150 valence electrons. The number of rotatable bonds is 6. The minimum Gasteiger partial charge on any atom is -0.395 e. The fourth-order valence-corrected chi connectivity index (χ4v) is 3.51. The lowest BCUT2D eigenvalue weighted by Gasteiger charge is -2.11. The lowest BCUT2D eigenvalue weighted by molar-refractivity contribution is 0.0946. The normalized spacial score (nSPS) is 10.9. The van der Waals surface area contributed by atoms with Crippen molar-refractivity contribution in [1.82, 2.24) is 19.9 Å². The summed E-state index contributed by atoms with van der Waals surface area (Å²) in [4.78, 5) is 17.0. The first-order valence-electron chi connectivity index (χ1n) is 9.67. The summed E-state index contributed by atoms with van der Waals surface area (Å²) in [5.74, 6) is -0.266. The van der Waals surface area contributed by atoms with Crippen molar-refractivity contribution in [3.63, 3.8) is 0 Å². The van der Waals surface area contributed by atoms with Gasteiger partial charge in [0, 0.05) is 30.1 Å². The summed E-state index contributed by atoms with van der Waals surface area (Å²) >= 11 is 0. The van der Waals surface area contributed by atoms with E-state index in [1.807, 2.05) is 48.7 Å². The van der Waals surface area contributed by atoms with Crippen LogP contribution in [0.4, 0.5) is 0 Å². The molecule has 0 fully saturated rings. The number of nitrogens with one attached hydrogen (secondary N) is 1. The molecule has 4 aromatic rings. The van der Waals surface area contributed by atoms with Gasteiger partial charge < -0.3 is 10.4 Å². The number of nitrogens with zero attached hydrogens (tertiary/aromatic N) is 3. The van der Waals surface area contributed by atoms with E-state index in [2.05, 4.69) is 35.0 Å². The van der Waals surface area contributed by atoms with Gasteiger partial charge in [0.15, 0.2) is 0 Å². The SMILES string of the molecule is C=Cc1ccc(-c2ncccc2-c2ccn3ncc(C(=O)NCCO)c3c2)cc1C. The zero-order valence-corrected chi connectivity index (χ0v) is 16.7. The third-order valence-electron chi connectivity index (χ3n) is 5.05. The molecule has 6 heteroatoms. The molecule has 3 heterocycles. The highest BCUT2D eigenvalue weighted by atomic mass is 16.3. The van der Waals surface area contributed by atoms with Gasteiger partial charge >= 0.3 is 0 Å². The maximum absolute atomic E-state index is 12.4. The third kappa shape index (κ3) is 3.60. The predicted molar refractivity (Wildman–Crippen MR) is 118 cm³/mol. The van der Waals surface area contributed by atoms with Crippen molar-refractivity contribution >= 4 is 17.5 Å². The number of aryl methyl sites for hydroxylation is 1. The molecule has 0 aliphatic heterocycles. The largest absolute Gasteiger partial charge is 0.395 e. The monoisotopic (exact) mass is 398 g/mol. The van der Waals surface area contributed by atoms with Crippen LogP contribution in [0.5, 0.6) is 0 Å². The van der Waals surface area contributed by atoms with Gasteiger partial charge in [-0.05, 0) is 47.9 Å². The summed E-state index contributed by atoms with van der Waals surface area (Å²) in [6.07, 6.45) is 6.99. The second-order valence-corrected chi connectivity index (χ2v) is 6.96. The molecule has 2 N–H and O–H groups in total. The van der Waals surface area contributed by atoms with E-state index in [0.29, 0.717) is 11.1 Å². The summed E-state index contributed by atoms with van der Waals surface area (Å²) in [6, 6.07) is 14.0. The summed E-state index contributed by atoms with van der Waals surface area (Å²) in [7, 11) is 0. The molecule has 0 radical (unpaired) electrons. The molecular weight excluding hydrogens is 376 g/mol. The molecule has 4 rings (SSSR count). The molecule has 0 bridgehead atoms. The Kier molecular flexibility index (Phi) is 5.41. The van der Waals surface area contributed by atoms with Crippen LogP contribution < -0.4 is 5.32 Å². The molecule has 6 nitrogen and oxygen atoms in total. The molecule has 0 atom stereocenters. The third-order valence-corrected chi connectivity index (χ3v) is 5.05. The second kappa shape index (κ2) is 8.31. The quantitative estimate of drug-likeness (QED) is 0.519. The van der Waals surface area contributed by atoms with Gasteiger partial charge in [-0.15, -0.1) is 0 Å². The van der Waals surface area contributed by atoms with E-state index in [9.17, 15) is 4.79 Å². The lowest BCUT2D eigenvalue weighted by Crippen LogP contribution is -2.26. The van der Waals surface area contributed by atoms with Crippen LogP contribution in [0.2, 0.25) is 0 Å². The number of carbonyl (C=O) groups excluding carboxylic acids is 1. The highest BCUT2D eigenvalue weighted by molar-refractivity contribution is 6.01. The summed E-state index contributed by atoms with van der Waals surface area (Å²) < 4.78 is 1.66. The van der Waals surface area contributed by atoms with E-state index < -0.39 is 0 Å². The van der Waals surface area contributed by atoms with E-state index in [1.165, 1.54) is 6.20 Å². The standard InChI is InChI=1S/C24H22N4O2/c1-3-17-6-7-19(13-16(17)2)23-20(5-4-9-25-23)18-8-11-28-22(14-18)21(15-27-28)24(30)26-10-12-29/h3-9,11,13-15,29H,1,10,12H2,2H3,(H,26,30). The summed E-state index contributed by atoms with van der Waals surface area (Å²) in [5, 5.41) is 15.9. The Morgan fingerprint density at radius 3 is 2.87 bits per heavy atom. The molecule has 0 unspecified atom stereocenters. The predicted octanol–water partition coefficient (Wildman–Crippen LogP) is 3.74. The highest BCUT2D eigenvalue weighted by Gasteiger charge is 2.15. The molecule has 0 saturated heterocycles. The van der Waals surface area contributed by atoms with Gasteiger partial charge in [0.1, 0.15) is 0 Å². The van der Waals surface area contributed by atoms with Gasteiger partial charge in [-0.1, -0.05) is 30.9 Å². The fraction of sp³-hybridized carbons (Fsp3) is 0.125. The number of fused-ring (bicyclic) bond motifs is 1. The van der Waals surface area contributed by atoms with Gasteiger partial charge in [0.2, 0.25) is 0 Å². The number of benzene rings is 1. The van der Waals surface area contributed by atoms with Gasteiger partial charge in [0.25, 0.3) is 5.91 Å². The molecule has 1 aromatic carbocycles. The Morgan fingerprint density at radius 2 is 2.10 bits per heavy atom. The first-order chi connectivity index (χ1) is 14.6. The Morgan fingerprint density at radius 1 is 1.23 bits per heavy atom. The number of carbonyl (C=O) groups is 1. The minimum atomic E-state index is -0.266. The average molecular weight is 398 g/mol. The topological polar surface area (TPSA) is 79.5 Å². The highest BCUT2D eigenvalue weighted by Crippen LogP contribution is 2.32. The number of amides is 1. The number of aliphatic hydroxyl groups is 1. The first-order valence-corrected chi connectivity index (χ1v) is 9.67. The van der Waals surface area contributed by atoms with Crippen molar-refractivity contribution < 1.29 is 9.90 Å². The smallest absolute Gasteiger partial charge is 0.255 e. The number of hydrogen-bond acceptors (Lipinski definition) is 4. The van der Waals surface area contributed by atoms with E-state index in [-0.39, 0.29) is 19.1 Å². The van der Waals surface area contributed by atoms with Crippen LogP contribution in [0.25, 0.3) is 34.0 Å². The van der Waals surface area contributed by atoms with Gasteiger partial charge in [-0.3, -0.25) is 9.78 Å². The second-order valence-electron chi connectivity index (χ2n) is 6.96. The molecule has 0 aliphatic carbocycles. The molecule has 0 aliphatic rings. The molecule has 30 heavy (non-hydrogen) atoms. The van der Waals surface area contributed by atoms with E-state index in [1.54, 1.807) is 10.7 Å². The van der Waals surface area contributed by atoms with Crippen LogP contribution in [-0.2, 0) is 0 Å². The van der Waals surface area contributed by atoms with E-state index in [0.717, 1.165) is 33.5 Å². The molecular formula is C24H22N4O2. The Bertz CT molecular complexity index is 1240. The number of aliphatic hydroxyl groups excluding tert-OH is 1. The molecule has 3 aromatic heterocycles. The van der Waals surface area contributed by atoms with Crippen molar-refractivity contribution in [3.05, 3.63) is 84.3 Å². The number of hydrogen-bond donors (Lipinski definition) is 2. The van der Waals surface area contributed by atoms with Crippen LogP contribution >= 0.6 is 0 Å². The van der Waals surface area contributed by atoms with Crippen molar-refractivity contribution in [3.8, 4) is 22.4 Å². The van der Waals surface area contributed by atoms with Crippen LogP contribution in [0.15, 0.2) is 67.6 Å². The maximum atomic E-state index is 12.4. The van der Waals surface area contributed by atoms with Crippen LogP contribution in [0.1, 0.15) is 21.5 Å². The fourth-order valence-electron chi connectivity index (χ4n) is 3.51. The van der Waals surface area contributed by atoms with E-state index >= 15 is 0 Å². The Labute approximate surface area is 174 Å². The average Bonchev–Trinajstić information content (AvgIpc) is 3.20. The zero-order chi connectivity index (χ0) is 21.1. The summed E-state index contributed by atoms with van der Waals surface area (Å²) in [5.41, 5.74) is 7.16. The van der Waals surface area contributed by atoms with Gasteiger partial charge in [0.05, 0.1) is 29.6 Å². The van der Waals surface area contributed by atoms with Crippen molar-refractivity contribution in [2.24, 2.45) is 0 Å². The molecule has 0 spiro atoms. The Balaban J connectivity index is 1.81. The molecule has 0 saturated carbocycles. The Hall–Kier alpha value is -3.77. The number of aromatic nitrogens is 3. The number of pyridine rings is 2. The zero-order valence-electron chi connectivity index (χ0n) is 16.7.